The first-order valence-electron chi connectivity index (χ1n) is 8.40. The van der Waals surface area contributed by atoms with Gasteiger partial charge >= 0.3 is 6.18 Å². The Labute approximate surface area is 179 Å². The topological polar surface area (TPSA) is 75.3 Å². The minimum atomic E-state index is -4.33. The Morgan fingerprint density at radius 2 is 1.70 bits per heavy atom. The van der Waals surface area contributed by atoms with E-state index in [1.54, 1.807) is 23.6 Å². The van der Waals surface area contributed by atoms with Crippen LogP contribution >= 0.6 is 23.1 Å². The molecule has 0 atom stereocenters. The maximum absolute atomic E-state index is 12.5. The Hall–Kier alpha value is -2.50. The van der Waals surface area contributed by atoms with E-state index in [0.29, 0.717) is 16.7 Å². The molecule has 2 N–H and O–H groups in total. The van der Waals surface area contributed by atoms with Gasteiger partial charge in [-0.3, -0.25) is 9.52 Å². The van der Waals surface area contributed by atoms with Crippen LogP contribution in [0.2, 0.25) is 0 Å². The summed E-state index contributed by atoms with van der Waals surface area (Å²) in [5.74, 6) is -1.60. The zero-order valence-electron chi connectivity index (χ0n) is 15.1. The van der Waals surface area contributed by atoms with Crippen molar-refractivity contribution in [3.05, 3.63) is 71.6 Å². The largest absolute Gasteiger partial charge is 0.398 e. The number of rotatable bonds is 7. The highest BCUT2D eigenvalue weighted by atomic mass is 32.2. The van der Waals surface area contributed by atoms with Crippen LogP contribution in [-0.2, 0) is 10.0 Å². The van der Waals surface area contributed by atoms with Gasteiger partial charge in [0.15, 0.2) is 0 Å². The van der Waals surface area contributed by atoms with E-state index in [9.17, 15) is 26.4 Å². The van der Waals surface area contributed by atoms with Crippen LogP contribution in [0.3, 0.4) is 0 Å². The first-order chi connectivity index (χ1) is 14.1. The van der Waals surface area contributed by atoms with E-state index in [0.717, 1.165) is 11.3 Å². The van der Waals surface area contributed by atoms with E-state index in [1.807, 2.05) is 0 Å². The summed E-state index contributed by atoms with van der Waals surface area (Å²) in [5.41, 5.74) is 0.769. The molecular formula is C19H15F3N2O3S3. The molecule has 0 unspecified atom stereocenters. The van der Waals surface area contributed by atoms with Crippen molar-refractivity contribution in [2.24, 2.45) is 0 Å². The molecule has 0 radical (unpaired) electrons. The number of benzene rings is 2. The lowest BCUT2D eigenvalue weighted by molar-refractivity contribution is -0.105. The maximum atomic E-state index is 12.5. The standard InChI is InChI=1S/C19H15F3N2O3S3/c20-19(21,22)12-29-16-5-2-1-4-15(16)23-18(25)13-7-9-14(10-8-13)24-30(26,27)17-6-3-11-28-17/h1-11,24H,12H2,(H,23,25). The van der Waals surface area contributed by atoms with E-state index >= 15 is 0 Å². The van der Waals surface area contributed by atoms with Crippen LogP contribution in [0.1, 0.15) is 10.4 Å². The molecule has 0 saturated carbocycles. The molecule has 1 heterocycles. The number of para-hydroxylation sites is 1. The summed E-state index contributed by atoms with van der Waals surface area (Å²) < 4.78 is 64.5. The van der Waals surface area contributed by atoms with Gasteiger partial charge in [0.1, 0.15) is 4.21 Å². The second-order valence-corrected chi connectivity index (χ2v) is 9.84. The third-order valence-corrected chi connectivity index (χ3v) is 7.60. The first kappa shape index (κ1) is 22.2. The van der Waals surface area contributed by atoms with Crippen molar-refractivity contribution < 1.29 is 26.4 Å². The average molecular weight is 473 g/mol. The molecular weight excluding hydrogens is 457 g/mol. The van der Waals surface area contributed by atoms with Crippen molar-refractivity contribution in [2.45, 2.75) is 15.3 Å². The zero-order chi connectivity index (χ0) is 21.8. The minimum Gasteiger partial charge on any atom is -0.321 e. The second kappa shape index (κ2) is 9.11. The lowest BCUT2D eigenvalue weighted by Crippen LogP contribution is -2.14. The van der Waals surface area contributed by atoms with E-state index in [4.69, 9.17) is 0 Å². The summed E-state index contributed by atoms with van der Waals surface area (Å²) in [6.07, 6.45) is -4.33. The number of sulfonamides is 1. The number of thioether (sulfide) groups is 1. The van der Waals surface area contributed by atoms with Crippen LogP contribution in [0.4, 0.5) is 24.5 Å². The fraction of sp³-hybridized carbons (Fsp3) is 0.105. The Morgan fingerprint density at radius 1 is 1.00 bits per heavy atom. The Kier molecular flexibility index (Phi) is 6.74. The molecule has 0 aliphatic carbocycles. The van der Waals surface area contributed by atoms with E-state index in [2.05, 4.69) is 10.0 Å². The predicted molar refractivity (Wildman–Crippen MR) is 113 cm³/mol. The second-order valence-electron chi connectivity index (χ2n) is 5.97. The van der Waals surface area contributed by atoms with Crippen LogP contribution in [0.5, 0.6) is 0 Å². The number of thiophene rings is 1. The highest BCUT2D eigenvalue weighted by Crippen LogP contribution is 2.32. The van der Waals surface area contributed by atoms with Crippen molar-refractivity contribution in [2.75, 3.05) is 15.8 Å². The van der Waals surface area contributed by atoms with E-state index < -0.39 is 27.9 Å². The summed E-state index contributed by atoms with van der Waals surface area (Å²) in [4.78, 5) is 12.8. The summed E-state index contributed by atoms with van der Waals surface area (Å²) in [7, 11) is -3.70. The molecule has 0 bridgehead atoms. The predicted octanol–water partition coefficient (Wildman–Crippen LogP) is 5.46. The quantitative estimate of drug-likeness (QED) is 0.448. The van der Waals surface area contributed by atoms with Crippen LogP contribution < -0.4 is 10.0 Å². The number of carbonyl (C=O) groups excluding carboxylic acids is 1. The van der Waals surface area contributed by atoms with Gasteiger partial charge in [0, 0.05) is 16.1 Å². The smallest absolute Gasteiger partial charge is 0.321 e. The summed E-state index contributed by atoms with van der Waals surface area (Å²) in [6, 6.07) is 15.0. The van der Waals surface area contributed by atoms with Crippen molar-refractivity contribution in [3.63, 3.8) is 0 Å². The molecule has 5 nitrogen and oxygen atoms in total. The van der Waals surface area contributed by atoms with Crippen molar-refractivity contribution >= 4 is 50.4 Å². The minimum absolute atomic E-state index is 0.164. The van der Waals surface area contributed by atoms with E-state index in [-0.39, 0.29) is 21.1 Å². The molecule has 30 heavy (non-hydrogen) atoms. The third kappa shape index (κ3) is 6.00. The average Bonchev–Trinajstić information content (AvgIpc) is 3.23. The summed E-state index contributed by atoms with van der Waals surface area (Å²) in [5, 5.41) is 4.23. The van der Waals surface area contributed by atoms with Crippen molar-refractivity contribution in [1.29, 1.82) is 0 Å². The number of alkyl halides is 3. The Balaban J connectivity index is 1.69. The molecule has 0 aliphatic rings. The fourth-order valence-electron chi connectivity index (χ4n) is 2.36. The van der Waals surface area contributed by atoms with Gasteiger partial charge < -0.3 is 5.32 Å². The summed E-state index contributed by atoms with van der Waals surface area (Å²) >= 11 is 1.66. The molecule has 1 aromatic heterocycles. The molecule has 158 valence electrons. The molecule has 2 aromatic carbocycles. The summed E-state index contributed by atoms with van der Waals surface area (Å²) in [6.45, 7) is 0. The number of anilines is 2. The molecule has 0 spiro atoms. The Morgan fingerprint density at radius 3 is 2.33 bits per heavy atom. The van der Waals surface area contributed by atoms with Gasteiger partial charge in [-0.05, 0) is 47.8 Å². The van der Waals surface area contributed by atoms with Gasteiger partial charge in [0.25, 0.3) is 15.9 Å². The van der Waals surface area contributed by atoms with Gasteiger partial charge in [-0.1, -0.05) is 18.2 Å². The van der Waals surface area contributed by atoms with Crippen LogP contribution in [0.25, 0.3) is 0 Å². The molecule has 1 amide bonds. The SMILES string of the molecule is O=C(Nc1ccccc1SCC(F)(F)F)c1ccc(NS(=O)(=O)c2cccs2)cc1. The van der Waals surface area contributed by atoms with Crippen molar-refractivity contribution in [3.8, 4) is 0 Å². The number of amides is 1. The van der Waals surface area contributed by atoms with Gasteiger partial charge in [0.05, 0.1) is 11.4 Å². The van der Waals surface area contributed by atoms with Gasteiger partial charge in [-0.15, -0.1) is 23.1 Å². The lowest BCUT2D eigenvalue weighted by atomic mass is 10.2. The lowest BCUT2D eigenvalue weighted by Gasteiger charge is -2.12. The highest BCUT2D eigenvalue weighted by molar-refractivity contribution is 7.99. The fourth-order valence-corrected chi connectivity index (χ4v) is 5.18. The van der Waals surface area contributed by atoms with Crippen LogP contribution in [0.15, 0.2) is 75.1 Å². The van der Waals surface area contributed by atoms with Gasteiger partial charge in [-0.25, -0.2) is 8.42 Å². The van der Waals surface area contributed by atoms with Gasteiger partial charge in [-0.2, -0.15) is 13.2 Å². The molecule has 0 fully saturated rings. The third-order valence-electron chi connectivity index (χ3n) is 3.69. The zero-order valence-corrected chi connectivity index (χ0v) is 17.6. The number of nitrogens with one attached hydrogen (secondary N) is 2. The maximum Gasteiger partial charge on any atom is 0.398 e. The van der Waals surface area contributed by atoms with Crippen LogP contribution in [-0.4, -0.2) is 26.3 Å². The number of halogens is 3. The molecule has 3 aromatic rings. The Bertz CT molecular complexity index is 1110. The monoisotopic (exact) mass is 472 g/mol. The van der Waals surface area contributed by atoms with Crippen LogP contribution in [0, 0.1) is 0 Å². The highest BCUT2D eigenvalue weighted by Gasteiger charge is 2.27. The first-order valence-corrected chi connectivity index (χ1v) is 11.8. The molecule has 0 aliphatic heterocycles. The normalized spacial score (nSPS) is 11.8. The molecule has 0 saturated heterocycles. The van der Waals surface area contributed by atoms with Crippen molar-refractivity contribution in [1.82, 2.24) is 0 Å². The number of hydrogen-bond acceptors (Lipinski definition) is 5. The van der Waals surface area contributed by atoms with E-state index in [1.165, 1.54) is 42.5 Å². The van der Waals surface area contributed by atoms with Gasteiger partial charge in [0.2, 0.25) is 0 Å². The number of hydrogen-bond donors (Lipinski definition) is 2. The molecule has 3 rings (SSSR count). The number of carbonyl (C=O) groups is 1. The molecule has 11 heteroatoms.